The fraction of sp³-hybridized carbons (Fsp3) is 0.727. The summed E-state index contributed by atoms with van der Waals surface area (Å²) >= 11 is 0. The highest BCUT2D eigenvalue weighted by Gasteiger charge is 2.16. The Labute approximate surface area is 101 Å². The molecule has 1 saturated carbocycles. The summed E-state index contributed by atoms with van der Waals surface area (Å²) in [6.45, 7) is 2.00. The zero-order valence-corrected chi connectivity index (χ0v) is 10.4. The van der Waals surface area contributed by atoms with Gasteiger partial charge in [0.1, 0.15) is 6.33 Å². The molecule has 1 unspecified atom stereocenters. The first kappa shape index (κ1) is 11.9. The molecular formula is C11H20N6. The maximum absolute atomic E-state index is 5.89. The molecule has 0 spiro atoms. The molecule has 2 rings (SSSR count). The molecule has 1 atom stereocenters. The van der Waals surface area contributed by atoms with Crippen LogP contribution in [0.3, 0.4) is 0 Å². The molecule has 3 N–H and O–H groups in total. The summed E-state index contributed by atoms with van der Waals surface area (Å²) in [5.74, 6) is 1.36. The third-order valence-electron chi connectivity index (χ3n) is 3.14. The number of nitrogens with one attached hydrogen (secondary N) is 1. The lowest BCUT2D eigenvalue weighted by atomic mass is 10.3. The Bertz CT molecular complexity index is 390. The van der Waals surface area contributed by atoms with Gasteiger partial charge in [-0.2, -0.15) is 0 Å². The number of nitrogens with zero attached hydrogens (tertiary/aromatic N) is 4. The maximum atomic E-state index is 5.89. The van der Waals surface area contributed by atoms with Gasteiger partial charge >= 0.3 is 0 Å². The van der Waals surface area contributed by atoms with Crippen LogP contribution < -0.4 is 11.1 Å². The minimum Gasteiger partial charge on any atom is -0.370 e. The van der Waals surface area contributed by atoms with Crippen molar-refractivity contribution in [1.29, 1.82) is 0 Å². The molecule has 0 aliphatic heterocycles. The van der Waals surface area contributed by atoms with Gasteiger partial charge in [0.25, 0.3) is 0 Å². The Hall–Kier alpha value is -1.59. The summed E-state index contributed by atoms with van der Waals surface area (Å²) < 4.78 is 1.88. The van der Waals surface area contributed by atoms with Crippen molar-refractivity contribution in [3.05, 3.63) is 12.2 Å². The fourth-order valence-corrected chi connectivity index (χ4v) is 2.24. The highest BCUT2D eigenvalue weighted by Crippen LogP contribution is 2.20. The number of aryl methyl sites for hydroxylation is 1. The maximum Gasteiger partial charge on any atom is 0.189 e. The molecule has 0 amide bonds. The van der Waals surface area contributed by atoms with E-state index >= 15 is 0 Å². The lowest BCUT2D eigenvalue weighted by Crippen LogP contribution is -2.35. The Kier molecular flexibility index (Phi) is 3.61. The van der Waals surface area contributed by atoms with E-state index in [0.717, 1.165) is 18.7 Å². The molecule has 1 heterocycles. The number of aliphatic imine (C=N–C) groups is 1. The minimum absolute atomic E-state index is 0.0210. The molecule has 94 valence electrons. The van der Waals surface area contributed by atoms with Crippen LogP contribution >= 0.6 is 0 Å². The van der Waals surface area contributed by atoms with E-state index in [4.69, 9.17) is 5.73 Å². The molecule has 17 heavy (non-hydrogen) atoms. The SMILES string of the molecule is CC(NC(N)=NC1CCCC1)c1nncn1C. The first-order chi connectivity index (χ1) is 8.16. The van der Waals surface area contributed by atoms with E-state index in [1.165, 1.54) is 12.8 Å². The first-order valence-corrected chi connectivity index (χ1v) is 6.10. The summed E-state index contributed by atoms with van der Waals surface area (Å²) in [5, 5.41) is 11.0. The summed E-state index contributed by atoms with van der Waals surface area (Å²) in [6.07, 6.45) is 6.51. The highest BCUT2D eigenvalue weighted by atomic mass is 15.3. The van der Waals surface area contributed by atoms with Crippen molar-refractivity contribution >= 4 is 5.96 Å². The van der Waals surface area contributed by atoms with Crippen LogP contribution in [-0.4, -0.2) is 26.8 Å². The van der Waals surface area contributed by atoms with Crippen molar-refractivity contribution in [3.63, 3.8) is 0 Å². The first-order valence-electron chi connectivity index (χ1n) is 6.10. The number of nitrogens with two attached hydrogens (primary N) is 1. The number of guanidine groups is 1. The van der Waals surface area contributed by atoms with E-state index in [-0.39, 0.29) is 6.04 Å². The molecule has 0 bridgehead atoms. The predicted molar refractivity (Wildman–Crippen MR) is 66.4 cm³/mol. The normalized spacial score (nSPS) is 19.5. The van der Waals surface area contributed by atoms with Gasteiger partial charge in [-0.1, -0.05) is 12.8 Å². The number of aromatic nitrogens is 3. The zero-order chi connectivity index (χ0) is 12.3. The van der Waals surface area contributed by atoms with Crippen LogP contribution in [0.1, 0.15) is 44.5 Å². The van der Waals surface area contributed by atoms with Gasteiger partial charge < -0.3 is 15.6 Å². The molecular weight excluding hydrogens is 216 g/mol. The number of rotatable bonds is 3. The molecule has 0 saturated heterocycles. The monoisotopic (exact) mass is 236 g/mol. The van der Waals surface area contributed by atoms with Gasteiger partial charge in [0.15, 0.2) is 11.8 Å². The van der Waals surface area contributed by atoms with Crippen molar-refractivity contribution in [2.75, 3.05) is 0 Å². The van der Waals surface area contributed by atoms with E-state index in [2.05, 4.69) is 20.5 Å². The summed E-state index contributed by atoms with van der Waals surface area (Å²) in [5.41, 5.74) is 5.89. The molecule has 6 nitrogen and oxygen atoms in total. The average Bonchev–Trinajstić information content (AvgIpc) is 2.88. The minimum atomic E-state index is 0.0210. The van der Waals surface area contributed by atoms with Crippen LogP contribution in [0.25, 0.3) is 0 Å². The second-order valence-corrected chi connectivity index (χ2v) is 4.62. The van der Waals surface area contributed by atoms with Gasteiger partial charge in [0.05, 0.1) is 12.1 Å². The standard InChI is InChI=1S/C11H20N6/c1-8(10-16-13-7-17(10)2)14-11(12)15-9-5-3-4-6-9/h7-9H,3-6H2,1-2H3,(H3,12,14,15). The van der Waals surface area contributed by atoms with Gasteiger partial charge in [-0.25, -0.2) is 0 Å². The van der Waals surface area contributed by atoms with E-state index in [1.807, 2.05) is 18.5 Å². The second-order valence-electron chi connectivity index (χ2n) is 4.62. The van der Waals surface area contributed by atoms with Crippen molar-refractivity contribution in [1.82, 2.24) is 20.1 Å². The zero-order valence-electron chi connectivity index (χ0n) is 10.4. The van der Waals surface area contributed by atoms with Crippen LogP contribution in [0.4, 0.5) is 0 Å². The molecule has 1 aromatic heterocycles. The quantitative estimate of drug-likeness (QED) is 0.598. The fourth-order valence-electron chi connectivity index (χ4n) is 2.24. The van der Waals surface area contributed by atoms with Crippen molar-refractivity contribution < 1.29 is 0 Å². The van der Waals surface area contributed by atoms with Crippen molar-refractivity contribution in [3.8, 4) is 0 Å². The lowest BCUT2D eigenvalue weighted by Gasteiger charge is -2.14. The average molecular weight is 236 g/mol. The van der Waals surface area contributed by atoms with Gasteiger partial charge in [0.2, 0.25) is 0 Å². The largest absolute Gasteiger partial charge is 0.370 e. The van der Waals surface area contributed by atoms with Gasteiger partial charge in [0, 0.05) is 7.05 Å². The topological polar surface area (TPSA) is 81.1 Å². The van der Waals surface area contributed by atoms with E-state index < -0.39 is 0 Å². The summed E-state index contributed by atoms with van der Waals surface area (Å²) in [6, 6.07) is 0.418. The van der Waals surface area contributed by atoms with Crippen LogP contribution in [-0.2, 0) is 7.05 Å². The molecule has 6 heteroatoms. The van der Waals surface area contributed by atoms with Crippen LogP contribution in [0.15, 0.2) is 11.3 Å². The number of hydrogen-bond donors (Lipinski definition) is 2. The predicted octanol–water partition coefficient (Wildman–Crippen LogP) is 0.723. The van der Waals surface area contributed by atoms with Crippen LogP contribution in [0, 0.1) is 0 Å². The Balaban J connectivity index is 1.94. The van der Waals surface area contributed by atoms with E-state index in [9.17, 15) is 0 Å². The summed E-state index contributed by atoms with van der Waals surface area (Å²) in [4.78, 5) is 4.48. The molecule has 0 radical (unpaired) electrons. The summed E-state index contributed by atoms with van der Waals surface area (Å²) in [7, 11) is 1.91. The molecule has 1 aliphatic rings. The van der Waals surface area contributed by atoms with Crippen LogP contribution in [0.5, 0.6) is 0 Å². The smallest absolute Gasteiger partial charge is 0.189 e. The molecule has 1 aromatic rings. The van der Waals surface area contributed by atoms with Gasteiger partial charge in [-0.15, -0.1) is 10.2 Å². The van der Waals surface area contributed by atoms with Gasteiger partial charge in [-0.3, -0.25) is 4.99 Å². The molecule has 1 fully saturated rings. The van der Waals surface area contributed by atoms with Crippen LogP contribution in [0.2, 0.25) is 0 Å². The highest BCUT2D eigenvalue weighted by molar-refractivity contribution is 5.78. The Morgan fingerprint density at radius 1 is 1.59 bits per heavy atom. The Morgan fingerprint density at radius 2 is 2.29 bits per heavy atom. The van der Waals surface area contributed by atoms with Crippen molar-refractivity contribution in [2.24, 2.45) is 17.8 Å². The van der Waals surface area contributed by atoms with E-state index in [1.54, 1.807) is 6.33 Å². The third kappa shape index (κ3) is 2.95. The van der Waals surface area contributed by atoms with Crippen molar-refractivity contribution in [2.45, 2.75) is 44.7 Å². The van der Waals surface area contributed by atoms with E-state index in [0.29, 0.717) is 12.0 Å². The second kappa shape index (κ2) is 5.16. The third-order valence-corrected chi connectivity index (χ3v) is 3.14. The van der Waals surface area contributed by atoms with Gasteiger partial charge in [-0.05, 0) is 19.8 Å². The molecule has 0 aromatic carbocycles. The Morgan fingerprint density at radius 3 is 2.88 bits per heavy atom. The molecule has 1 aliphatic carbocycles. The lowest BCUT2D eigenvalue weighted by molar-refractivity contribution is 0.613. The number of hydrogen-bond acceptors (Lipinski definition) is 3.